The molecule has 0 saturated carbocycles. The predicted octanol–water partition coefficient (Wildman–Crippen LogP) is 1.10. The number of unbranched alkanes of at least 4 members (excludes halogenated alkanes) is 1. The van der Waals surface area contributed by atoms with Gasteiger partial charge in [0.15, 0.2) is 0 Å². The molecule has 0 spiro atoms. The zero-order chi connectivity index (χ0) is 10.1. The SMILES string of the molecule is CCC(=O)OC[CH]CCOC(C)=O. The quantitative estimate of drug-likeness (QED) is 0.461. The molecule has 0 aliphatic rings. The van der Waals surface area contributed by atoms with Crippen LogP contribution in [0.2, 0.25) is 0 Å². The Morgan fingerprint density at radius 3 is 2.54 bits per heavy atom. The predicted molar refractivity (Wildman–Crippen MR) is 46.8 cm³/mol. The van der Waals surface area contributed by atoms with E-state index in [1.54, 1.807) is 13.3 Å². The summed E-state index contributed by atoms with van der Waals surface area (Å²) in [4.78, 5) is 20.9. The minimum atomic E-state index is -0.293. The van der Waals surface area contributed by atoms with Gasteiger partial charge in [-0.25, -0.2) is 0 Å². The Morgan fingerprint density at radius 1 is 1.31 bits per heavy atom. The second-order valence-electron chi connectivity index (χ2n) is 2.45. The maximum atomic E-state index is 10.6. The third kappa shape index (κ3) is 8.85. The van der Waals surface area contributed by atoms with E-state index in [0.717, 1.165) is 0 Å². The van der Waals surface area contributed by atoms with Gasteiger partial charge in [0.2, 0.25) is 0 Å². The van der Waals surface area contributed by atoms with Crippen LogP contribution in [0, 0.1) is 6.42 Å². The van der Waals surface area contributed by atoms with Crippen molar-refractivity contribution in [2.45, 2.75) is 26.7 Å². The molecule has 0 bridgehead atoms. The fourth-order valence-electron chi connectivity index (χ4n) is 0.623. The van der Waals surface area contributed by atoms with Gasteiger partial charge < -0.3 is 9.47 Å². The smallest absolute Gasteiger partial charge is 0.305 e. The summed E-state index contributed by atoms with van der Waals surface area (Å²) in [5, 5.41) is 0. The van der Waals surface area contributed by atoms with E-state index in [2.05, 4.69) is 4.74 Å². The maximum absolute atomic E-state index is 10.6. The van der Waals surface area contributed by atoms with Crippen LogP contribution < -0.4 is 0 Å². The monoisotopic (exact) mass is 187 g/mol. The molecule has 75 valence electrons. The molecule has 0 amide bonds. The first kappa shape index (κ1) is 11.9. The van der Waals surface area contributed by atoms with Crippen LogP contribution in [0.25, 0.3) is 0 Å². The van der Waals surface area contributed by atoms with Crippen molar-refractivity contribution in [2.24, 2.45) is 0 Å². The molecule has 0 heterocycles. The topological polar surface area (TPSA) is 52.6 Å². The summed E-state index contributed by atoms with van der Waals surface area (Å²) in [7, 11) is 0. The van der Waals surface area contributed by atoms with Crippen molar-refractivity contribution in [3.8, 4) is 0 Å². The molecular weight excluding hydrogens is 172 g/mol. The molecule has 0 atom stereocenters. The zero-order valence-corrected chi connectivity index (χ0v) is 8.04. The van der Waals surface area contributed by atoms with Crippen molar-refractivity contribution >= 4 is 11.9 Å². The van der Waals surface area contributed by atoms with Gasteiger partial charge in [0.05, 0.1) is 13.2 Å². The van der Waals surface area contributed by atoms with Gasteiger partial charge in [-0.3, -0.25) is 9.59 Å². The summed E-state index contributed by atoms with van der Waals surface area (Å²) >= 11 is 0. The van der Waals surface area contributed by atoms with Crippen molar-refractivity contribution in [1.29, 1.82) is 0 Å². The number of hydrogen-bond donors (Lipinski definition) is 0. The minimum Gasteiger partial charge on any atom is -0.466 e. The normalized spacial score (nSPS) is 9.38. The highest BCUT2D eigenvalue weighted by Crippen LogP contribution is 1.92. The van der Waals surface area contributed by atoms with Gasteiger partial charge >= 0.3 is 11.9 Å². The molecule has 0 aromatic carbocycles. The highest BCUT2D eigenvalue weighted by Gasteiger charge is 1.98. The molecule has 0 aliphatic heterocycles. The summed E-state index contributed by atoms with van der Waals surface area (Å²) < 4.78 is 9.43. The number of ether oxygens (including phenoxy) is 2. The Labute approximate surface area is 78.2 Å². The summed E-state index contributed by atoms with van der Waals surface area (Å²) in [6.45, 7) is 3.73. The van der Waals surface area contributed by atoms with Crippen LogP contribution in [0.1, 0.15) is 26.7 Å². The number of carbonyl (C=O) groups excluding carboxylic acids is 2. The van der Waals surface area contributed by atoms with Gasteiger partial charge in [0.25, 0.3) is 0 Å². The first-order valence-corrected chi connectivity index (χ1v) is 4.27. The van der Waals surface area contributed by atoms with E-state index in [9.17, 15) is 9.59 Å². The van der Waals surface area contributed by atoms with Gasteiger partial charge in [-0.1, -0.05) is 6.92 Å². The van der Waals surface area contributed by atoms with Gasteiger partial charge in [0.1, 0.15) is 0 Å². The van der Waals surface area contributed by atoms with Gasteiger partial charge in [-0.05, 0) is 6.42 Å². The fraction of sp³-hybridized carbons (Fsp3) is 0.667. The highest BCUT2D eigenvalue weighted by molar-refractivity contribution is 5.68. The number of rotatable bonds is 6. The van der Waals surface area contributed by atoms with E-state index in [1.807, 2.05) is 0 Å². The summed E-state index contributed by atoms with van der Waals surface area (Å²) in [5.41, 5.74) is 0. The Kier molecular flexibility index (Phi) is 6.96. The number of carbonyl (C=O) groups is 2. The second-order valence-corrected chi connectivity index (χ2v) is 2.45. The molecule has 4 heteroatoms. The van der Waals surface area contributed by atoms with E-state index in [-0.39, 0.29) is 18.5 Å². The first-order valence-electron chi connectivity index (χ1n) is 4.27. The zero-order valence-electron chi connectivity index (χ0n) is 8.04. The lowest BCUT2D eigenvalue weighted by atomic mass is 10.3. The first-order chi connectivity index (χ1) is 6.16. The van der Waals surface area contributed by atoms with Gasteiger partial charge in [-0.15, -0.1) is 0 Å². The molecule has 0 saturated heterocycles. The summed E-state index contributed by atoms with van der Waals surface area (Å²) in [5.74, 6) is -0.511. The van der Waals surface area contributed by atoms with Crippen LogP contribution in [-0.2, 0) is 19.1 Å². The lowest BCUT2D eigenvalue weighted by molar-refractivity contribution is -0.143. The summed E-state index contributed by atoms with van der Waals surface area (Å²) in [6, 6.07) is 0. The third-order valence-corrected chi connectivity index (χ3v) is 1.28. The van der Waals surface area contributed by atoms with Gasteiger partial charge in [-0.2, -0.15) is 0 Å². The average molecular weight is 187 g/mol. The Balaban J connectivity index is 3.08. The van der Waals surface area contributed by atoms with E-state index in [4.69, 9.17) is 4.74 Å². The summed E-state index contributed by atoms with van der Waals surface area (Å²) in [6.07, 6.45) is 2.75. The van der Waals surface area contributed by atoms with Crippen molar-refractivity contribution in [3.63, 3.8) is 0 Å². The van der Waals surface area contributed by atoms with Crippen LogP contribution in [0.5, 0.6) is 0 Å². The minimum absolute atomic E-state index is 0.219. The van der Waals surface area contributed by atoms with Crippen molar-refractivity contribution in [1.82, 2.24) is 0 Å². The third-order valence-electron chi connectivity index (χ3n) is 1.28. The number of hydrogen-bond acceptors (Lipinski definition) is 4. The van der Waals surface area contributed by atoms with Crippen LogP contribution in [0.3, 0.4) is 0 Å². The van der Waals surface area contributed by atoms with Crippen LogP contribution >= 0.6 is 0 Å². The molecule has 0 aromatic rings. The van der Waals surface area contributed by atoms with Crippen molar-refractivity contribution in [2.75, 3.05) is 13.2 Å². The lowest BCUT2D eigenvalue weighted by Gasteiger charge is -2.02. The van der Waals surface area contributed by atoms with E-state index >= 15 is 0 Å². The Bertz CT molecular complexity index is 165. The molecule has 1 radical (unpaired) electrons. The largest absolute Gasteiger partial charge is 0.466 e. The second kappa shape index (κ2) is 7.58. The average Bonchev–Trinajstić information content (AvgIpc) is 2.10. The molecule has 4 nitrogen and oxygen atoms in total. The van der Waals surface area contributed by atoms with E-state index in [0.29, 0.717) is 19.4 Å². The molecular formula is C9H15O4. The molecule has 0 aliphatic carbocycles. The Hall–Kier alpha value is -1.06. The van der Waals surface area contributed by atoms with Crippen LogP contribution in [-0.4, -0.2) is 25.2 Å². The van der Waals surface area contributed by atoms with Crippen molar-refractivity contribution < 1.29 is 19.1 Å². The molecule has 0 fully saturated rings. The Morgan fingerprint density at radius 2 is 2.00 bits per heavy atom. The van der Waals surface area contributed by atoms with E-state index in [1.165, 1.54) is 6.92 Å². The molecule has 0 aromatic heterocycles. The number of esters is 2. The van der Waals surface area contributed by atoms with Gasteiger partial charge in [0, 0.05) is 19.8 Å². The standard InChI is InChI=1S/C9H15O4/c1-3-9(11)13-7-5-4-6-12-8(2)10/h5H,3-4,6-7H2,1-2H3. The van der Waals surface area contributed by atoms with E-state index < -0.39 is 0 Å². The molecule has 0 rings (SSSR count). The maximum Gasteiger partial charge on any atom is 0.305 e. The van der Waals surface area contributed by atoms with Crippen LogP contribution in [0.4, 0.5) is 0 Å². The highest BCUT2D eigenvalue weighted by atomic mass is 16.5. The van der Waals surface area contributed by atoms with Crippen LogP contribution in [0.15, 0.2) is 0 Å². The molecule has 0 unspecified atom stereocenters. The lowest BCUT2D eigenvalue weighted by Crippen LogP contribution is -2.06. The molecule has 13 heavy (non-hydrogen) atoms. The van der Waals surface area contributed by atoms with Crippen molar-refractivity contribution in [3.05, 3.63) is 6.42 Å². The fourth-order valence-corrected chi connectivity index (χ4v) is 0.623. The molecule has 0 N–H and O–H groups in total.